The molecule has 1 atom stereocenters. The van der Waals surface area contributed by atoms with Crippen molar-refractivity contribution in [1.82, 2.24) is 4.98 Å². The van der Waals surface area contributed by atoms with E-state index in [0.717, 1.165) is 17.1 Å². The Balaban J connectivity index is 1.94. The average molecular weight is 265 g/mol. The van der Waals surface area contributed by atoms with Crippen LogP contribution in [0.4, 0.5) is 10.1 Å². The number of benzene rings is 1. The summed E-state index contributed by atoms with van der Waals surface area (Å²) in [6, 6.07) is 11.0. The van der Waals surface area contributed by atoms with Gasteiger partial charge in [0, 0.05) is 11.1 Å². The minimum absolute atomic E-state index is 0.235. The summed E-state index contributed by atoms with van der Waals surface area (Å²) in [5.41, 5.74) is 2.02. The number of hydrogen-bond donors (Lipinski definition) is 1. The van der Waals surface area contributed by atoms with Gasteiger partial charge in [-0.05, 0) is 43.2 Å². The lowest BCUT2D eigenvalue weighted by Gasteiger charge is -2.15. The topological polar surface area (TPSA) is 24.9 Å². The minimum atomic E-state index is -0.467. The third-order valence-corrected chi connectivity index (χ3v) is 2.85. The summed E-state index contributed by atoms with van der Waals surface area (Å²) in [6.07, 6.45) is 2.36. The molecule has 0 radical (unpaired) electrons. The Labute approximate surface area is 111 Å². The Morgan fingerprint density at radius 3 is 2.56 bits per heavy atom. The molecule has 1 aromatic heterocycles. The molecular weight excluding hydrogens is 251 g/mol. The maximum absolute atomic E-state index is 12.7. The predicted molar refractivity (Wildman–Crippen MR) is 72.4 cm³/mol. The first-order valence-corrected chi connectivity index (χ1v) is 6.14. The lowest BCUT2D eigenvalue weighted by atomic mass is 10.1. The highest BCUT2D eigenvalue weighted by atomic mass is 35.5. The normalized spacial score (nSPS) is 12.2. The van der Waals surface area contributed by atoms with E-state index in [-0.39, 0.29) is 6.04 Å². The van der Waals surface area contributed by atoms with E-state index in [4.69, 9.17) is 11.6 Å². The van der Waals surface area contributed by atoms with Crippen LogP contribution in [0.5, 0.6) is 0 Å². The summed E-state index contributed by atoms with van der Waals surface area (Å²) < 4.78 is 12.7. The van der Waals surface area contributed by atoms with E-state index in [0.29, 0.717) is 0 Å². The van der Waals surface area contributed by atoms with Gasteiger partial charge in [-0.25, -0.2) is 4.98 Å². The van der Waals surface area contributed by atoms with Crippen molar-refractivity contribution in [2.24, 2.45) is 0 Å². The summed E-state index contributed by atoms with van der Waals surface area (Å²) >= 11 is 5.83. The van der Waals surface area contributed by atoms with Crippen molar-refractivity contribution in [2.45, 2.75) is 19.4 Å². The van der Waals surface area contributed by atoms with Gasteiger partial charge in [-0.3, -0.25) is 0 Å². The van der Waals surface area contributed by atoms with Gasteiger partial charge in [0.2, 0.25) is 5.95 Å². The zero-order valence-electron chi connectivity index (χ0n) is 10.0. The quantitative estimate of drug-likeness (QED) is 0.847. The lowest BCUT2D eigenvalue weighted by molar-refractivity contribution is 0.584. The molecule has 2 rings (SSSR count). The second-order valence-electron chi connectivity index (χ2n) is 4.25. The van der Waals surface area contributed by atoms with Crippen LogP contribution in [0.25, 0.3) is 0 Å². The number of nitrogens with zero attached hydrogens (tertiary/aromatic N) is 1. The molecule has 1 unspecified atom stereocenters. The van der Waals surface area contributed by atoms with Gasteiger partial charge in [0.25, 0.3) is 0 Å². The van der Waals surface area contributed by atoms with Gasteiger partial charge < -0.3 is 5.32 Å². The van der Waals surface area contributed by atoms with Crippen molar-refractivity contribution < 1.29 is 4.39 Å². The predicted octanol–water partition coefficient (Wildman–Crippen LogP) is 3.92. The van der Waals surface area contributed by atoms with Gasteiger partial charge in [0.15, 0.2) is 0 Å². The summed E-state index contributed by atoms with van der Waals surface area (Å²) in [5, 5.41) is 4.01. The molecule has 0 aliphatic carbocycles. The van der Waals surface area contributed by atoms with Gasteiger partial charge in [-0.15, -0.1) is 0 Å². The van der Waals surface area contributed by atoms with Crippen LogP contribution in [0, 0.1) is 5.95 Å². The molecule has 0 saturated heterocycles. The number of hydrogen-bond acceptors (Lipinski definition) is 2. The smallest absolute Gasteiger partial charge is 0.212 e. The molecule has 1 N–H and O–H groups in total. The molecule has 0 amide bonds. The molecule has 1 aromatic carbocycles. The van der Waals surface area contributed by atoms with Crippen LogP contribution in [0.15, 0.2) is 42.6 Å². The van der Waals surface area contributed by atoms with Gasteiger partial charge in [-0.1, -0.05) is 23.7 Å². The molecular formula is C14H14ClFN2. The van der Waals surface area contributed by atoms with Crippen LogP contribution in [-0.4, -0.2) is 11.0 Å². The Morgan fingerprint density at radius 1 is 1.22 bits per heavy atom. The number of rotatable bonds is 4. The van der Waals surface area contributed by atoms with E-state index in [1.165, 1.54) is 17.8 Å². The number of anilines is 1. The highest BCUT2D eigenvalue weighted by molar-refractivity contribution is 6.30. The van der Waals surface area contributed by atoms with Crippen LogP contribution in [-0.2, 0) is 6.42 Å². The zero-order chi connectivity index (χ0) is 13.0. The molecule has 4 heteroatoms. The van der Waals surface area contributed by atoms with Crippen LogP contribution in [0.2, 0.25) is 5.02 Å². The number of pyridine rings is 1. The van der Waals surface area contributed by atoms with Gasteiger partial charge in [0.05, 0.1) is 11.9 Å². The SMILES string of the molecule is CC(Cc1ccc(Cl)cc1)Nc1ccc(F)nc1. The van der Waals surface area contributed by atoms with Gasteiger partial charge >= 0.3 is 0 Å². The molecule has 2 nitrogen and oxygen atoms in total. The molecule has 1 heterocycles. The Bertz CT molecular complexity index is 449. The van der Waals surface area contributed by atoms with Crippen molar-refractivity contribution in [3.05, 3.63) is 59.1 Å². The Hall–Kier alpha value is -1.61. The summed E-state index contributed by atoms with van der Waals surface area (Å²) in [4.78, 5) is 3.60. The van der Waals surface area contributed by atoms with E-state index in [9.17, 15) is 4.39 Å². The van der Waals surface area contributed by atoms with Crippen molar-refractivity contribution in [3.8, 4) is 0 Å². The minimum Gasteiger partial charge on any atom is -0.381 e. The molecule has 0 spiro atoms. The third kappa shape index (κ3) is 3.70. The molecule has 0 aliphatic rings. The standard InChI is InChI=1S/C14H14ClFN2/c1-10(8-11-2-4-12(15)5-3-11)18-13-6-7-14(16)17-9-13/h2-7,9-10,18H,8H2,1H3. The first-order chi connectivity index (χ1) is 8.63. The molecule has 18 heavy (non-hydrogen) atoms. The van der Waals surface area contributed by atoms with Crippen molar-refractivity contribution in [3.63, 3.8) is 0 Å². The molecule has 0 aliphatic heterocycles. The number of nitrogens with one attached hydrogen (secondary N) is 1. The third-order valence-electron chi connectivity index (χ3n) is 2.60. The largest absolute Gasteiger partial charge is 0.381 e. The fraction of sp³-hybridized carbons (Fsp3) is 0.214. The van der Waals surface area contributed by atoms with Crippen LogP contribution in [0.1, 0.15) is 12.5 Å². The van der Waals surface area contributed by atoms with Gasteiger partial charge in [-0.2, -0.15) is 4.39 Å². The Kier molecular flexibility index (Phi) is 4.15. The second kappa shape index (κ2) is 5.83. The van der Waals surface area contributed by atoms with Crippen LogP contribution < -0.4 is 5.32 Å². The highest BCUT2D eigenvalue weighted by Gasteiger charge is 2.04. The molecule has 0 bridgehead atoms. The fourth-order valence-electron chi connectivity index (χ4n) is 1.77. The molecule has 2 aromatic rings. The van der Waals surface area contributed by atoms with E-state index >= 15 is 0 Å². The summed E-state index contributed by atoms with van der Waals surface area (Å²) in [7, 11) is 0. The van der Waals surface area contributed by atoms with Gasteiger partial charge in [0.1, 0.15) is 0 Å². The van der Waals surface area contributed by atoms with Crippen molar-refractivity contribution >= 4 is 17.3 Å². The number of aromatic nitrogens is 1. The second-order valence-corrected chi connectivity index (χ2v) is 4.68. The molecule has 0 saturated carbocycles. The Morgan fingerprint density at radius 2 is 1.94 bits per heavy atom. The van der Waals surface area contributed by atoms with Crippen molar-refractivity contribution in [1.29, 1.82) is 0 Å². The van der Waals surface area contributed by atoms with Crippen LogP contribution >= 0.6 is 11.6 Å². The zero-order valence-corrected chi connectivity index (χ0v) is 10.8. The molecule has 0 fully saturated rings. The first kappa shape index (κ1) is 12.8. The lowest BCUT2D eigenvalue weighted by Crippen LogP contribution is -2.18. The average Bonchev–Trinajstić information content (AvgIpc) is 2.35. The van der Waals surface area contributed by atoms with E-state index in [1.807, 2.05) is 24.3 Å². The van der Waals surface area contributed by atoms with Crippen LogP contribution in [0.3, 0.4) is 0 Å². The van der Waals surface area contributed by atoms with E-state index in [2.05, 4.69) is 17.2 Å². The van der Waals surface area contributed by atoms with E-state index < -0.39 is 5.95 Å². The molecule has 94 valence electrons. The maximum Gasteiger partial charge on any atom is 0.212 e. The fourth-order valence-corrected chi connectivity index (χ4v) is 1.90. The van der Waals surface area contributed by atoms with Crippen molar-refractivity contribution in [2.75, 3.05) is 5.32 Å². The first-order valence-electron chi connectivity index (χ1n) is 5.76. The van der Waals surface area contributed by atoms with E-state index in [1.54, 1.807) is 6.07 Å². The highest BCUT2D eigenvalue weighted by Crippen LogP contribution is 2.13. The monoisotopic (exact) mass is 264 g/mol. The summed E-state index contributed by atoms with van der Waals surface area (Å²) in [6.45, 7) is 2.07. The summed E-state index contributed by atoms with van der Waals surface area (Å²) in [5.74, 6) is -0.467. The maximum atomic E-state index is 12.7. The number of halogens is 2.